The fourth-order valence-electron chi connectivity index (χ4n) is 2.61. The van der Waals surface area contributed by atoms with Crippen LogP contribution in [0.25, 0.3) is 0 Å². The summed E-state index contributed by atoms with van der Waals surface area (Å²) >= 11 is 11.5. The van der Waals surface area contributed by atoms with E-state index in [0.29, 0.717) is 10.2 Å². The number of anilines is 1. The molecule has 1 N–H and O–H groups in total. The number of amides is 1. The van der Waals surface area contributed by atoms with Crippen molar-refractivity contribution in [3.63, 3.8) is 0 Å². The van der Waals surface area contributed by atoms with E-state index in [1.54, 1.807) is 6.07 Å². The molecule has 0 aliphatic rings. The van der Waals surface area contributed by atoms with Crippen molar-refractivity contribution in [2.24, 2.45) is 0 Å². The van der Waals surface area contributed by atoms with Crippen LogP contribution in [0.5, 0.6) is 0 Å². The molecule has 1 amide bonds. The molecule has 0 bridgehead atoms. The second-order valence-electron chi connectivity index (χ2n) is 6.01. The van der Waals surface area contributed by atoms with E-state index in [9.17, 15) is 26.7 Å². The number of nitrogens with zero attached hydrogens (tertiary/aromatic N) is 4. The molecule has 30 heavy (non-hydrogen) atoms. The van der Waals surface area contributed by atoms with Crippen molar-refractivity contribution >= 4 is 34.9 Å². The first-order chi connectivity index (χ1) is 14.2. The summed E-state index contributed by atoms with van der Waals surface area (Å²) in [6.07, 6.45) is -5.09. The topological polar surface area (TPSA) is 64.7 Å². The van der Waals surface area contributed by atoms with Crippen LogP contribution in [0, 0.1) is 5.82 Å². The number of benzene rings is 1. The summed E-state index contributed by atoms with van der Waals surface area (Å²) in [6.45, 7) is -0.813. The minimum absolute atomic E-state index is 0.000500. The van der Waals surface area contributed by atoms with Crippen LogP contribution in [0.3, 0.4) is 0 Å². The smallest absolute Gasteiger partial charge is 0.283 e. The zero-order valence-corrected chi connectivity index (χ0v) is 16.3. The monoisotopic (exact) mass is 467 g/mol. The first-order valence-electron chi connectivity index (χ1n) is 8.26. The number of rotatable bonds is 7. The number of halogens is 7. The van der Waals surface area contributed by atoms with Crippen molar-refractivity contribution in [1.29, 1.82) is 0 Å². The van der Waals surface area contributed by atoms with Gasteiger partial charge in [0.25, 0.3) is 12.9 Å². The second-order valence-corrected chi connectivity index (χ2v) is 6.79. The highest BCUT2D eigenvalue weighted by Crippen LogP contribution is 2.34. The molecule has 0 atom stereocenters. The Hall–Kier alpha value is -2.66. The van der Waals surface area contributed by atoms with Gasteiger partial charge in [0.1, 0.15) is 28.8 Å². The molecule has 0 aliphatic heterocycles. The molecule has 0 saturated heterocycles. The fraction of sp³-hybridized carbons (Fsp3) is 0.235. The van der Waals surface area contributed by atoms with Crippen LogP contribution in [-0.4, -0.2) is 25.5 Å². The number of carbonyl (C=O) groups is 1. The van der Waals surface area contributed by atoms with Crippen LogP contribution in [0.4, 0.5) is 27.8 Å². The van der Waals surface area contributed by atoms with Crippen molar-refractivity contribution < 1.29 is 26.7 Å². The Labute approximate surface area is 176 Å². The molecule has 0 radical (unpaired) electrons. The van der Waals surface area contributed by atoms with E-state index in [0.717, 1.165) is 0 Å². The predicted octanol–water partition coefficient (Wildman–Crippen LogP) is 5.09. The average Bonchev–Trinajstić information content (AvgIpc) is 3.16. The fourth-order valence-corrected chi connectivity index (χ4v) is 3.11. The molecule has 6 nitrogen and oxygen atoms in total. The Morgan fingerprint density at radius 3 is 2.43 bits per heavy atom. The van der Waals surface area contributed by atoms with Gasteiger partial charge in [-0.3, -0.25) is 14.2 Å². The van der Waals surface area contributed by atoms with E-state index in [1.165, 1.54) is 29.1 Å². The number of nitrogens with one attached hydrogen (secondary N) is 1. The minimum atomic E-state index is -3.23. The first-order valence-corrected chi connectivity index (χ1v) is 9.01. The van der Waals surface area contributed by atoms with Gasteiger partial charge in [-0.1, -0.05) is 41.4 Å². The van der Waals surface area contributed by atoms with Crippen LogP contribution >= 0.6 is 23.2 Å². The number of alkyl halides is 4. The summed E-state index contributed by atoms with van der Waals surface area (Å²) < 4.78 is 67.5. The number of aromatic nitrogens is 4. The molecule has 0 aliphatic carbocycles. The maximum absolute atomic E-state index is 13.8. The molecule has 160 valence electrons. The number of carbonyl (C=O) groups excluding carboxylic acids is 1. The lowest BCUT2D eigenvalue weighted by Gasteiger charge is -2.07. The van der Waals surface area contributed by atoms with E-state index in [1.807, 2.05) is 0 Å². The second kappa shape index (κ2) is 9.00. The van der Waals surface area contributed by atoms with Crippen molar-refractivity contribution in [3.8, 4) is 0 Å². The van der Waals surface area contributed by atoms with Crippen molar-refractivity contribution in [2.75, 3.05) is 5.32 Å². The summed E-state index contributed by atoms with van der Waals surface area (Å²) in [6, 6.07) is 5.97. The van der Waals surface area contributed by atoms with Crippen LogP contribution in [-0.2, 0) is 17.9 Å². The van der Waals surface area contributed by atoms with E-state index in [-0.39, 0.29) is 17.4 Å². The number of hydrogen-bond acceptors (Lipinski definition) is 3. The molecular formula is C17H12Cl2F5N5O. The van der Waals surface area contributed by atoms with E-state index in [2.05, 4.69) is 15.5 Å². The van der Waals surface area contributed by atoms with Crippen molar-refractivity contribution in [2.45, 2.75) is 25.9 Å². The third-order valence-corrected chi connectivity index (χ3v) is 4.59. The molecule has 0 saturated carbocycles. The lowest BCUT2D eigenvalue weighted by atomic mass is 10.2. The maximum atomic E-state index is 13.8. The van der Waals surface area contributed by atoms with Crippen LogP contribution in [0.15, 0.2) is 30.5 Å². The zero-order chi connectivity index (χ0) is 22.0. The maximum Gasteiger partial charge on any atom is 0.283 e. The van der Waals surface area contributed by atoms with Gasteiger partial charge in [0.2, 0.25) is 5.91 Å². The molecule has 0 spiro atoms. The molecule has 13 heteroatoms. The quantitative estimate of drug-likeness (QED) is 0.492. The minimum Gasteiger partial charge on any atom is -0.306 e. The van der Waals surface area contributed by atoms with Gasteiger partial charge >= 0.3 is 0 Å². The van der Waals surface area contributed by atoms with Crippen molar-refractivity contribution in [1.82, 2.24) is 19.6 Å². The van der Waals surface area contributed by atoms with Crippen molar-refractivity contribution in [3.05, 3.63) is 63.3 Å². The lowest BCUT2D eigenvalue weighted by Crippen LogP contribution is -2.21. The summed E-state index contributed by atoms with van der Waals surface area (Å²) in [4.78, 5) is 12.2. The predicted molar refractivity (Wildman–Crippen MR) is 98.5 cm³/mol. The van der Waals surface area contributed by atoms with Gasteiger partial charge in [0, 0.05) is 11.8 Å². The van der Waals surface area contributed by atoms with Gasteiger partial charge < -0.3 is 5.32 Å². The lowest BCUT2D eigenvalue weighted by molar-refractivity contribution is -0.117. The molecule has 2 aromatic heterocycles. The van der Waals surface area contributed by atoms with Gasteiger partial charge in [-0.25, -0.2) is 22.0 Å². The molecule has 3 rings (SSSR count). The Bertz CT molecular complexity index is 1070. The molecule has 0 unspecified atom stereocenters. The third kappa shape index (κ3) is 4.73. The Kier molecular flexibility index (Phi) is 6.61. The largest absolute Gasteiger partial charge is 0.306 e. The first kappa shape index (κ1) is 22.0. The van der Waals surface area contributed by atoms with Crippen LogP contribution in [0.2, 0.25) is 10.0 Å². The highest BCUT2D eigenvalue weighted by molar-refractivity contribution is 6.33. The van der Waals surface area contributed by atoms with Gasteiger partial charge in [0.15, 0.2) is 5.82 Å². The summed E-state index contributed by atoms with van der Waals surface area (Å²) in [5.74, 6) is -1.49. The van der Waals surface area contributed by atoms with Gasteiger partial charge in [0.05, 0.1) is 11.6 Å². The summed E-state index contributed by atoms with van der Waals surface area (Å²) in [7, 11) is 0. The van der Waals surface area contributed by atoms with E-state index < -0.39 is 47.5 Å². The van der Waals surface area contributed by atoms with Crippen LogP contribution in [0.1, 0.15) is 29.8 Å². The van der Waals surface area contributed by atoms with Crippen LogP contribution < -0.4 is 5.32 Å². The van der Waals surface area contributed by atoms with Gasteiger partial charge in [-0.05, 0) is 6.07 Å². The summed E-state index contributed by atoms with van der Waals surface area (Å²) in [5, 5.41) is 8.67. The third-order valence-electron chi connectivity index (χ3n) is 3.93. The number of hydrogen-bond donors (Lipinski definition) is 1. The SMILES string of the molecule is O=C(Cn1nc(C(F)F)c(Cl)c1C(F)F)Nc1nn(Cc2ccccc2F)cc1Cl. The zero-order valence-electron chi connectivity index (χ0n) is 14.8. The standard InChI is InChI=1S/C17H12Cl2F5N5O/c18-9-6-28(5-8-3-1-2-4-10(8)20)27-17(9)25-11(30)7-29-14(16(23)24)12(19)13(26-29)15(21)22/h1-4,6,15-16H,5,7H2,(H,25,27,30). The summed E-state index contributed by atoms with van der Waals surface area (Å²) in [5.41, 5.74) is -1.73. The molecular weight excluding hydrogens is 456 g/mol. The van der Waals surface area contributed by atoms with E-state index >= 15 is 0 Å². The van der Waals surface area contributed by atoms with Gasteiger partial charge in [-0.15, -0.1) is 0 Å². The Morgan fingerprint density at radius 2 is 1.80 bits per heavy atom. The molecule has 0 fully saturated rings. The van der Waals surface area contributed by atoms with Gasteiger partial charge in [-0.2, -0.15) is 10.2 Å². The average molecular weight is 468 g/mol. The molecule has 2 heterocycles. The molecule has 1 aromatic carbocycles. The van der Waals surface area contributed by atoms with E-state index in [4.69, 9.17) is 23.2 Å². The Balaban J connectivity index is 1.75. The highest BCUT2D eigenvalue weighted by Gasteiger charge is 2.29. The Morgan fingerprint density at radius 1 is 1.10 bits per heavy atom. The normalized spacial score (nSPS) is 11.5. The highest BCUT2D eigenvalue weighted by atomic mass is 35.5. The molecule has 3 aromatic rings.